The normalized spacial score (nSPS) is 10.2. The Hall–Kier alpha value is -1.62. The third kappa shape index (κ3) is 3.17. The summed E-state index contributed by atoms with van der Waals surface area (Å²) in [7, 11) is 0. The first-order valence-corrected chi connectivity index (χ1v) is 5.90. The van der Waals surface area contributed by atoms with Gasteiger partial charge < -0.3 is 10.5 Å². The first kappa shape index (κ1) is 11.9. The Morgan fingerprint density at radius 1 is 1.35 bits per heavy atom. The topological polar surface area (TPSA) is 61.0 Å². The molecule has 0 aliphatic carbocycles. The maximum Gasteiger partial charge on any atom is 0.166 e. The Labute approximate surface area is 108 Å². The van der Waals surface area contributed by atoms with Crippen LogP contribution in [0.3, 0.4) is 0 Å². The Bertz CT molecular complexity index is 531. The van der Waals surface area contributed by atoms with Crippen molar-refractivity contribution in [3.63, 3.8) is 0 Å². The van der Waals surface area contributed by atoms with Gasteiger partial charge in [-0.05, 0) is 41.1 Å². The maximum atomic E-state index is 5.75. The lowest BCUT2D eigenvalue weighted by Crippen LogP contribution is -2.01. The van der Waals surface area contributed by atoms with E-state index in [1.54, 1.807) is 12.4 Å². The van der Waals surface area contributed by atoms with Crippen LogP contribution in [0.2, 0.25) is 0 Å². The van der Waals surface area contributed by atoms with Gasteiger partial charge in [0.15, 0.2) is 11.6 Å². The van der Waals surface area contributed by atoms with Gasteiger partial charge in [0.25, 0.3) is 0 Å². The van der Waals surface area contributed by atoms with Gasteiger partial charge in [-0.1, -0.05) is 0 Å². The smallest absolute Gasteiger partial charge is 0.166 e. The van der Waals surface area contributed by atoms with E-state index < -0.39 is 0 Å². The molecule has 2 rings (SSSR count). The molecule has 0 spiro atoms. The number of nitrogens with two attached hydrogens (primary N) is 1. The molecule has 0 aliphatic heterocycles. The van der Waals surface area contributed by atoms with E-state index in [1.807, 2.05) is 25.1 Å². The van der Waals surface area contributed by atoms with Gasteiger partial charge in [0.2, 0.25) is 0 Å². The van der Waals surface area contributed by atoms with Gasteiger partial charge in [0.05, 0.1) is 0 Å². The molecule has 17 heavy (non-hydrogen) atoms. The second-order valence-corrected chi connectivity index (χ2v) is 4.55. The fourth-order valence-electron chi connectivity index (χ4n) is 1.38. The number of halogens is 1. The van der Waals surface area contributed by atoms with Crippen LogP contribution >= 0.6 is 15.9 Å². The van der Waals surface area contributed by atoms with Crippen molar-refractivity contribution in [2.45, 2.75) is 13.5 Å². The molecule has 0 fully saturated rings. The van der Waals surface area contributed by atoms with Crippen LogP contribution in [0.4, 0.5) is 5.82 Å². The van der Waals surface area contributed by atoms with Crippen molar-refractivity contribution >= 4 is 21.7 Å². The third-order valence-electron chi connectivity index (χ3n) is 2.18. The van der Waals surface area contributed by atoms with Gasteiger partial charge in [-0.2, -0.15) is 0 Å². The van der Waals surface area contributed by atoms with E-state index in [4.69, 9.17) is 10.5 Å². The van der Waals surface area contributed by atoms with Gasteiger partial charge in [0, 0.05) is 28.1 Å². The molecule has 88 valence electrons. The standard InChI is InChI=1S/C12H12BrN3O/c1-8-2-3-11(12(14)16-8)17-7-9-4-10(13)6-15-5-9/h2-6H,7H2,1H3,(H2,14,16). The van der Waals surface area contributed by atoms with Crippen LogP contribution in [0.25, 0.3) is 0 Å². The summed E-state index contributed by atoms with van der Waals surface area (Å²) in [5.74, 6) is 1.00. The number of hydrogen-bond acceptors (Lipinski definition) is 4. The van der Waals surface area contributed by atoms with E-state index in [-0.39, 0.29) is 0 Å². The van der Waals surface area contributed by atoms with E-state index in [2.05, 4.69) is 25.9 Å². The van der Waals surface area contributed by atoms with Crippen molar-refractivity contribution < 1.29 is 4.74 Å². The van der Waals surface area contributed by atoms with Crippen molar-refractivity contribution in [2.24, 2.45) is 0 Å². The zero-order valence-corrected chi connectivity index (χ0v) is 10.9. The monoisotopic (exact) mass is 293 g/mol. The molecule has 0 saturated carbocycles. The van der Waals surface area contributed by atoms with Crippen LogP contribution in [0, 0.1) is 6.92 Å². The molecule has 0 radical (unpaired) electrons. The second kappa shape index (κ2) is 5.14. The molecule has 0 aromatic carbocycles. The van der Waals surface area contributed by atoms with Gasteiger partial charge in [0.1, 0.15) is 6.61 Å². The fraction of sp³-hybridized carbons (Fsp3) is 0.167. The molecule has 2 aromatic rings. The van der Waals surface area contributed by atoms with E-state index in [1.165, 1.54) is 0 Å². The highest BCUT2D eigenvalue weighted by molar-refractivity contribution is 9.10. The molecule has 4 nitrogen and oxygen atoms in total. The summed E-state index contributed by atoms with van der Waals surface area (Å²) in [6.07, 6.45) is 3.48. The maximum absolute atomic E-state index is 5.75. The number of ether oxygens (including phenoxy) is 1. The minimum atomic E-state index is 0.410. The van der Waals surface area contributed by atoms with Crippen LogP contribution in [-0.4, -0.2) is 9.97 Å². The summed E-state index contributed by atoms with van der Waals surface area (Å²) in [6.45, 7) is 2.31. The molecule has 2 aromatic heterocycles. The number of nitrogens with zero attached hydrogens (tertiary/aromatic N) is 2. The quantitative estimate of drug-likeness (QED) is 0.945. The number of aromatic nitrogens is 2. The van der Waals surface area contributed by atoms with Crippen molar-refractivity contribution in [3.8, 4) is 5.75 Å². The lowest BCUT2D eigenvalue weighted by atomic mass is 10.3. The van der Waals surface area contributed by atoms with Gasteiger partial charge in [-0.15, -0.1) is 0 Å². The Morgan fingerprint density at radius 3 is 2.88 bits per heavy atom. The van der Waals surface area contributed by atoms with Crippen molar-refractivity contribution in [1.82, 2.24) is 9.97 Å². The fourth-order valence-corrected chi connectivity index (χ4v) is 1.79. The van der Waals surface area contributed by atoms with E-state index in [9.17, 15) is 0 Å². The molecule has 0 aliphatic rings. The molecule has 0 saturated heterocycles. The molecule has 2 heterocycles. The second-order valence-electron chi connectivity index (χ2n) is 3.64. The summed E-state index contributed by atoms with van der Waals surface area (Å²) in [5.41, 5.74) is 7.60. The number of pyridine rings is 2. The summed E-state index contributed by atoms with van der Waals surface area (Å²) in [4.78, 5) is 8.19. The zero-order chi connectivity index (χ0) is 12.3. The SMILES string of the molecule is Cc1ccc(OCc2cncc(Br)c2)c(N)n1. The van der Waals surface area contributed by atoms with E-state index >= 15 is 0 Å². The van der Waals surface area contributed by atoms with Crippen LogP contribution < -0.4 is 10.5 Å². The van der Waals surface area contributed by atoms with Crippen LogP contribution in [0.1, 0.15) is 11.3 Å². The molecule has 0 amide bonds. The Morgan fingerprint density at radius 2 is 2.18 bits per heavy atom. The zero-order valence-electron chi connectivity index (χ0n) is 9.35. The molecular formula is C12H12BrN3O. The summed E-state index contributed by atoms with van der Waals surface area (Å²) >= 11 is 3.36. The molecule has 0 unspecified atom stereocenters. The number of nitrogen functional groups attached to an aromatic ring is 1. The lowest BCUT2D eigenvalue weighted by Gasteiger charge is -2.08. The highest BCUT2D eigenvalue weighted by Gasteiger charge is 2.03. The predicted octanol–water partition coefficient (Wildman–Crippen LogP) is 2.71. The van der Waals surface area contributed by atoms with Gasteiger partial charge >= 0.3 is 0 Å². The summed E-state index contributed by atoms with van der Waals surface area (Å²) in [6, 6.07) is 5.64. The van der Waals surface area contributed by atoms with Crippen LogP contribution in [0.15, 0.2) is 35.1 Å². The van der Waals surface area contributed by atoms with Gasteiger partial charge in [-0.25, -0.2) is 4.98 Å². The molecule has 2 N–H and O–H groups in total. The number of aryl methyl sites for hydroxylation is 1. The van der Waals surface area contributed by atoms with Crippen LogP contribution in [0.5, 0.6) is 5.75 Å². The highest BCUT2D eigenvalue weighted by Crippen LogP contribution is 2.20. The number of hydrogen-bond donors (Lipinski definition) is 1. The molecule has 5 heteroatoms. The van der Waals surface area contributed by atoms with Crippen molar-refractivity contribution in [3.05, 3.63) is 46.3 Å². The lowest BCUT2D eigenvalue weighted by molar-refractivity contribution is 0.306. The minimum absolute atomic E-state index is 0.410. The molecule has 0 bridgehead atoms. The van der Waals surface area contributed by atoms with E-state index in [0.29, 0.717) is 18.2 Å². The highest BCUT2D eigenvalue weighted by atomic mass is 79.9. The number of anilines is 1. The summed E-state index contributed by atoms with van der Waals surface area (Å²) < 4.78 is 6.51. The first-order valence-electron chi connectivity index (χ1n) is 5.10. The first-order chi connectivity index (χ1) is 8.15. The average molecular weight is 294 g/mol. The Balaban J connectivity index is 2.07. The third-order valence-corrected chi connectivity index (χ3v) is 2.61. The largest absolute Gasteiger partial charge is 0.485 e. The summed E-state index contributed by atoms with van der Waals surface area (Å²) in [5, 5.41) is 0. The average Bonchev–Trinajstić information content (AvgIpc) is 2.28. The van der Waals surface area contributed by atoms with Crippen molar-refractivity contribution in [2.75, 3.05) is 5.73 Å². The predicted molar refractivity (Wildman–Crippen MR) is 69.7 cm³/mol. The van der Waals surface area contributed by atoms with Crippen LogP contribution in [-0.2, 0) is 6.61 Å². The molecular weight excluding hydrogens is 282 g/mol. The van der Waals surface area contributed by atoms with Gasteiger partial charge in [-0.3, -0.25) is 4.98 Å². The van der Waals surface area contributed by atoms with E-state index in [0.717, 1.165) is 15.7 Å². The minimum Gasteiger partial charge on any atom is -0.485 e. The van der Waals surface area contributed by atoms with Crippen molar-refractivity contribution in [1.29, 1.82) is 0 Å². The number of rotatable bonds is 3. The Kier molecular flexibility index (Phi) is 3.58. The molecule has 0 atom stereocenters.